The molecule has 4 aromatic rings. The quantitative estimate of drug-likeness (QED) is 0.0243. The maximum absolute atomic E-state index is 11.9. The van der Waals surface area contributed by atoms with Gasteiger partial charge in [0.15, 0.2) is 0 Å². The van der Waals surface area contributed by atoms with Crippen LogP contribution in [0.1, 0.15) is 255 Å². The Morgan fingerprint density at radius 2 is 0.681 bits per heavy atom. The third-order valence-electron chi connectivity index (χ3n) is 14.2. The van der Waals surface area contributed by atoms with Crippen LogP contribution < -0.4 is 8.07 Å². The summed E-state index contributed by atoms with van der Waals surface area (Å²) in [6.07, 6.45) is 46.3. The zero-order valence-electron chi connectivity index (χ0n) is 44.6. The molecule has 0 atom stereocenters. The number of allylic oxidation sites excluding steroid dienone is 2. The Morgan fingerprint density at radius 1 is 0.348 bits per heavy atom. The van der Waals surface area contributed by atoms with Crippen molar-refractivity contribution in [3.63, 3.8) is 0 Å². The Kier molecular flexibility index (Phi) is 32.3. The van der Waals surface area contributed by atoms with Crippen molar-refractivity contribution >= 4 is 19.5 Å². The summed E-state index contributed by atoms with van der Waals surface area (Å²) < 4.78 is 4.37. The van der Waals surface area contributed by atoms with Crippen molar-refractivity contribution in [2.75, 3.05) is 0 Å². The Labute approximate surface area is 433 Å². The molecular weight excluding hydrogens is 927 g/mol. The average molecular weight is 1030 g/mol. The van der Waals surface area contributed by atoms with Gasteiger partial charge in [-0.15, -0.1) is 0 Å². The first-order chi connectivity index (χ1) is 34.0. The first kappa shape index (κ1) is 58.2. The van der Waals surface area contributed by atoms with Crippen LogP contribution in [0.4, 0.5) is 0 Å². The molecule has 1 aliphatic rings. The summed E-state index contributed by atoms with van der Waals surface area (Å²) in [5.74, 6) is 0. The third kappa shape index (κ3) is 24.5. The van der Waals surface area contributed by atoms with Crippen molar-refractivity contribution in [2.45, 2.75) is 246 Å². The standard InChI is InChI=1S/C54H88N2.2C6H5.Pd/c1-5-8-11-13-15-16-17-18-19-20-21-22-23-24-25-26-27-28-29-30-31-33-35-38-48-40-36-42-50(45-48)53-47(4)52(44-10-7-3)54(56(53)55)51-43-37-41-49(46-51)39-34-32-14-12-9-6-2;2*1-2-4-6-5-3-1;/h36-37,40-43,45-46H,5-35,38-39,44H2,1-4H3;2*1-5H;. The predicted molar refractivity (Wildman–Crippen MR) is 300 cm³/mol. The molecule has 0 spiro atoms. The van der Waals surface area contributed by atoms with E-state index in [0.29, 0.717) is 18.0 Å². The number of unbranched alkanes of at least 4 members (excludes halogenated alkanes) is 28. The van der Waals surface area contributed by atoms with Gasteiger partial charge in [-0.1, -0.05) is 225 Å². The van der Waals surface area contributed by atoms with Crippen LogP contribution >= 0.6 is 0 Å². The van der Waals surface area contributed by atoms with Gasteiger partial charge in [0.1, 0.15) is 0 Å². The Balaban J connectivity index is 0.000000678. The first-order valence-corrected chi connectivity index (χ1v) is 30.4. The molecule has 5 rings (SSSR count). The van der Waals surface area contributed by atoms with Crippen LogP contribution in [-0.2, 0) is 30.8 Å². The van der Waals surface area contributed by atoms with Crippen molar-refractivity contribution in [2.24, 2.45) is 0 Å². The van der Waals surface area contributed by atoms with Gasteiger partial charge in [-0.05, 0) is 80.8 Å². The Bertz CT molecular complexity index is 1940. The molecule has 382 valence electrons. The summed E-state index contributed by atoms with van der Waals surface area (Å²) in [6.45, 7) is 9.08. The molecule has 0 radical (unpaired) electrons. The summed E-state index contributed by atoms with van der Waals surface area (Å²) in [6, 6.07) is 39.2. The molecule has 4 aromatic carbocycles. The van der Waals surface area contributed by atoms with Crippen LogP contribution in [0.3, 0.4) is 0 Å². The molecule has 0 fully saturated rings. The van der Waals surface area contributed by atoms with Gasteiger partial charge in [0.2, 0.25) is 11.4 Å². The van der Waals surface area contributed by atoms with E-state index in [4.69, 9.17) is 0 Å². The van der Waals surface area contributed by atoms with Crippen LogP contribution in [0.2, 0.25) is 0 Å². The van der Waals surface area contributed by atoms with E-state index in [1.54, 1.807) is 0 Å². The first-order valence-electron chi connectivity index (χ1n) is 28.9. The van der Waals surface area contributed by atoms with Crippen LogP contribution in [-0.4, -0.2) is 4.70 Å². The number of rotatable bonds is 38. The molecule has 69 heavy (non-hydrogen) atoms. The number of nitrogens with zero attached hydrogens (tertiary/aromatic N) is 2. The van der Waals surface area contributed by atoms with E-state index < -0.39 is 0 Å². The van der Waals surface area contributed by atoms with Gasteiger partial charge >= 0.3 is 86.7 Å². The second-order valence-corrected chi connectivity index (χ2v) is 22.4. The second-order valence-electron chi connectivity index (χ2n) is 20.3. The van der Waals surface area contributed by atoms with E-state index in [2.05, 4.69) is 137 Å². The van der Waals surface area contributed by atoms with E-state index in [9.17, 15) is 5.53 Å². The zero-order chi connectivity index (χ0) is 48.8. The van der Waals surface area contributed by atoms with E-state index in [1.165, 1.54) is 221 Å². The van der Waals surface area contributed by atoms with Crippen LogP contribution in [0.5, 0.6) is 0 Å². The summed E-state index contributed by atoms with van der Waals surface area (Å²) in [5, 5.41) is 0. The van der Waals surface area contributed by atoms with E-state index >= 15 is 0 Å². The molecule has 1 heterocycles. The van der Waals surface area contributed by atoms with Crippen molar-refractivity contribution in [3.8, 4) is 0 Å². The summed E-state index contributed by atoms with van der Waals surface area (Å²) in [4.78, 5) is 0. The van der Waals surface area contributed by atoms with Gasteiger partial charge in [0.05, 0.1) is 0 Å². The van der Waals surface area contributed by atoms with Crippen molar-refractivity contribution in [1.82, 2.24) is 0 Å². The Morgan fingerprint density at radius 3 is 1.04 bits per heavy atom. The molecule has 0 aliphatic carbocycles. The van der Waals surface area contributed by atoms with Gasteiger partial charge < -0.3 is 5.53 Å². The maximum atomic E-state index is 11.9. The molecule has 0 N–H and O–H groups in total. The fourth-order valence-corrected chi connectivity index (χ4v) is 11.6. The second kappa shape index (κ2) is 38.3. The van der Waals surface area contributed by atoms with Crippen LogP contribution in [0.15, 0.2) is 120 Å². The fraction of sp³-hybridized carbons (Fsp3) is 0.576. The molecule has 0 amide bonds. The number of hydrogen-bond acceptors (Lipinski definition) is 0. The Hall–Kier alpha value is -3.38. The van der Waals surface area contributed by atoms with Crippen molar-refractivity contribution in [1.29, 1.82) is 0 Å². The van der Waals surface area contributed by atoms with Crippen molar-refractivity contribution < 1.29 is 22.7 Å². The van der Waals surface area contributed by atoms with Crippen LogP contribution in [0, 0.1) is 0 Å². The third-order valence-corrected chi connectivity index (χ3v) is 16.1. The molecule has 2 nitrogen and oxygen atoms in total. The predicted octanol–water partition coefficient (Wildman–Crippen LogP) is 20.2. The van der Waals surface area contributed by atoms with Crippen LogP contribution in [0.25, 0.3) is 16.9 Å². The number of benzene rings is 4. The summed E-state index contributed by atoms with van der Waals surface area (Å²) in [7, 11) is 0. The van der Waals surface area contributed by atoms with E-state index in [0.717, 1.165) is 54.6 Å². The van der Waals surface area contributed by atoms with Gasteiger partial charge in [0.25, 0.3) is 0 Å². The molecule has 0 aromatic heterocycles. The minimum atomic E-state index is 0.575. The summed E-state index contributed by atoms with van der Waals surface area (Å²) >= 11 is 0.575. The molecule has 3 heteroatoms. The molecule has 0 bridgehead atoms. The van der Waals surface area contributed by atoms with Gasteiger partial charge in [-0.2, -0.15) is 0 Å². The van der Waals surface area contributed by atoms with E-state index in [1.807, 2.05) is 0 Å². The van der Waals surface area contributed by atoms with E-state index in [-0.39, 0.29) is 0 Å². The average Bonchev–Trinajstić information content (AvgIpc) is 3.63. The normalized spacial score (nSPS) is 12.6. The summed E-state index contributed by atoms with van der Waals surface area (Å²) in [5.41, 5.74) is 21.4. The van der Waals surface area contributed by atoms with Crippen molar-refractivity contribution in [3.05, 3.63) is 148 Å². The molecule has 1 aliphatic heterocycles. The zero-order valence-corrected chi connectivity index (χ0v) is 46.2. The minimum absolute atomic E-state index is 0.575. The van der Waals surface area contributed by atoms with Gasteiger partial charge in [0, 0.05) is 22.3 Å². The SMILES string of the molecule is CCCCCCCCCCCCCCCCCCCCCCCCCc1cccc(C2=C(C)C(CCCC)=C(c3cccc(CCCCCCCC)c3)[N+]2=[N-])c1.c1cc[c]([Pd][c]2ccccc2)cc1. The molecule has 0 unspecified atom stereocenters. The van der Waals surface area contributed by atoms with Gasteiger partial charge in [-0.25, -0.2) is 4.70 Å². The molecule has 0 saturated carbocycles. The molecular formula is C66H98N2Pd. The monoisotopic (exact) mass is 1020 g/mol. The molecule has 0 saturated heterocycles. The number of hydrogen-bond donors (Lipinski definition) is 0. The fourth-order valence-electron chi connectivity index (χ4n) is 10.0. The van der Waals surface area contributed by atoms with Gasteiger partial charge in [-0.3, -0.25) is 0 Å². The number of aryl methyl sites for hydroxylation is 2. The topological polar surface area (TPSA) is 25.3 Å².